The van der Waals surface area contributed by atoms with Crippen molar-refractivity contribution in [1.29, 1.82) is 0 Å². The minimum atomic E-state index is -0.196. The number of halogens is 1. The molecule has 2 N–H and O–H groups in total. The first-order valence-electron chi connectivity index (χ1n) is 10.5. The molecule has 1 saturated heterocycles. The van der Waals surface area contributed by atoms with E-state index < -0.39 is 0 Å². The van der Waals surface area contributed by atoms with Gasteiger partial charge in [-0.25, -0.2) is 9.37 Å². The van der Waals surface area contributed by atoms with E-state index in [4.69, 9.17) is 0 Å². The van der Waals surface area contributed by atoms with E-state index in [-0.39, 0.29) is 5.82 Å². The molecule has 6 nitrogen and oxygen atoms in total. The molecule has 1 aliphatic carbocycles. The summed E-state index contributed by atoms with van der Waals surface area (Å²) in [5.41, 5.74) is 2.24. The smallest absolute Gasteiger partial charge is 0.191 e. The third kappa shape index (κ3) is 5.09. The van der Waals surface area contributed by atoms with Crippen molar-refractivity contribution in [3.63, 3.8) is 0 Å². The number of hydrogen-bond acceptors (Lipinski definition) is 4. The molecule has 0 saturated carbocycles. The molecule has 1 aromatic heterocycles. The molecular formula is C23H29FN6. The van der Waals surface area contributed by atoms with Gasteiger partial charge in [0.15, 0.2) is 5.96 Å². The van der Waals surface area contributed by atoms with Gasteiger partial charge in [-0.05, 0) is 54.8 Å². The van der Waals surface area contributed by atoms with Gasteiger partial charge in [0.2, 0.25) is 0 Å². The lowest BCUT2D eigenvalue weighted by atomic mass is 10.2. The van der Waals surface area contributed by atoms with Gasteiger partial charge in [0.25, 0.3) is 0 Å². The standard InChI is InChI=1S/C23H29FN6/c1-25-23(28-20-4-2-3-5-20)27-17-18-10-11-26-22(16-18)30-14-12-29(13-15-30)21-8-6-19(24)7-9-21/h2-3,6-11,16,20H,4-5,12-15,17H2,1H3,(H2,25,27,28). The van der Waals surface area contributed by atoms with Crippen LogP contribution in [0.3, 0.4) is 0 Å². The van der Waals surface area contributed by atoms with Crippen LogP contribution in [0.15, 0.2) is 59.7 Å². The molecule has 1 aliphatic heterocycles. The number of anilines is 2. The Balaban J connectivity index is 1.30. The summed E-state index contributed by atoms with van der Waals surface area (Å²) in [6, 6.07) is 11.3. The van der Waals surface area contributed by atoms with Gasteiger partial charge in [0.1, 0.15) is 11.6 Å². The summed E-state index contributed by atoms with van der Waals surface area (Å²) < 4.78 is 13.2. The molecule has 2 heterocycles. The van der Waals surface area contributed by atoms with Crippen LogP contribution in [-0.2, 0) is 6.54 Å². The number of hydrogen-bond donors (Lipinski definition) is 2. The maximum absolute atomic E-state index is 13.2. The van der Waals surface area contributed by atoms with Gasteiger partial charge < -0.3 is 20.4 Å². The number of benzene rings is 1. The van der Waals surface area contributed by atoms with Gasteiger partial charge in [-0.2, -0.15) is 0 Å². The number of piperazine rings is 1. The van der Waals surface area contributed by atoms with Crippen molar-refractivity contribution in [2.45, 2.75) is 25.4 Å². The quantitative estimate of drug-likeness (QED) is 0.453. The predicted octanol–water partition coefficient (Wildman–Crippen LogP) is 2.93. The Morgan fingerprint density at radius 3 is 2.47 bits per heavy atom. The first kappa shape index (κ1) is 20.2. The van der Waals surface area contributed by atoms with E-state index in [0.717, 1.165) is 56.5 Å². The number of rotatable bonds is 5. The highest BCUT2D eigenvalue weighted by molar-refractivity contribution is 5.80. The molecule has 2 aromatic rings. The van der Waals surface area contributed by atoms with Crippen molar-refractivity contribution in [2.24, 2.45) is 4.99 Å². The molecule has 0 radical (unpaired) electrons. The van der Waals surface area contributed by atoms with Crippen LogP contribution in [0.25, 0.3) is 0 Å². The molecule has 1 fully saturated rings. The van der Waals surface area contributed by atoms with E-state index in [9.17, 15) is 4.39 Å². The van der Waals surface area contributed by atoms with Gasteiger partial charge >= 0.3 is 0 Å². The predicted molar refractivity (Wildman–Crippen MR) is 121 cm³/mol. The van der Waals surface area contributed by atoms with E-state index in [1.165, 1.54) is 17.7 Å². The minimum absolute atomic E-state index is 0.196. The lowest BCUT2D eigenvalue weighted by Crippen LogP contribution is -2.46. The second-order valence-corrected chi connectivity index (χ2v) is 7.68. The van der Waals surface area contributed by atoms with E-state index in [1.807, 2.05) is 24.4 Å². The van der Waals surface area contributed by atoms with Crippen molar-refractivity contribution in [3.8, 4) is 0 Å². The van der Waals surface area contributed by atoms with Gasteiger partial charge in [0.05, 0.1) is 0 Å². The van der Waals surface area contributed by atoms with E-state index in [1.54, 1.807) is 7.05 Å². The highest BCUT2D eigenvalue weighted by Gasteiger charge is 2.19. The maximum Gasteiger partial charge on any atom is 0.191 e. The van der Waals surface area contributed by atoms with Crippen LogP contribution in [0.1, 0.15) is 18.4 Å². The van der Waals surface area contributed by atoms with Crippen molar-refractivity contribution in [3.05, 3.63) is 66.1 Å². The number of pyridine rings is 1. The fourth-order valence-electron chi connectivity index (χ4n) is 3.90. The molecule has 2 aliphatic rings. The molecular weight excluding hydrogens is 379 g/mol. The summed E-state index contributed by atoms with van der Waals surface area (Å²) in [5, 5.41) is 6.86. The fourth-order valence-corrected chi connectivity index (χ4v) is 3.90. The first-order chi connectivity index (χ1) is 14.7. The topological polar surface area (TPSA) is 55.8 Å². The molecule has 4 rings (SSSR count). The highest BCUT2D eigenvalue weighted by Crippen LogP contribution is 2.20. The monoisotopic (exact) mass is 408 g/mol. The van der Waals surface area contributed by atoms with Crippen LogP contribution in [0.4, 0.5) is 15.9 Å². The second-order valence-electron chi connectivity index (χ2n) is 7.68. The Hall–Kier alpha value is -3.09. The summed E-state index contributed by atoms with van der Waals surface area (Å²) in [5.74, 6) is 1.63. The minimum Gasteiger partial charge on any atom is -0.368 e. The zero-order valence-corrected chi connectivity index (χ0v) is 17.4. The summed E-state index contributed by atoms with van der Waals surface area (Å²) in [6.07, 6.45) is 8.37. The molecule has 30 heavy (non-hydrogen) atoms. The van der Waals surface area contributed by atoms with Gasteiger partial charge in [-0.15, -0.1) is 0 Å². The first-order valence-corrected chi connectivity index (χ1v) is 10.5. The number of nitrogens with zero attached hydrogens (tertiary/aromatic N) is 4. The molecule has 158 valence electrons. The average molecular weight is 409 g/mol. The lowest BCUT2D eigenvalue weighted by Gasteiger charge is -2.36. The highest BCUT2D eigenvalue weighted by atomic mass is 19.1. The number of guanidine groups is 1. The Labute approximate surface area is 177 Å². The summed E-state index contributed by atoms with van der Waals surface area (Å²) >= 11 is 0. The number of nitrogens with one attached hydrogen (secondary N) is 2. The average Bonchev–Trinajstić information content (AvgIpc) is 3.31. The van der Waals surface area contributed by atoms with Gasteiger partial charge in [-0.3, -0.25) is 4.99 Å². The molecule has 0 amide bonds. The summed E-state index contributed by atoms with van der Waals surface area (Å²) in [4.78, 5) is 13.5. The molecule has 0 atom stereocenters. The zero-order valence-electron chi connectivity index (χ0n) is 17.4. The van der Waals surface area contributed by atoms with Crippen molar-refractivity contribution in [1.82, 2.24) is 15.6 Å². The van der Waals surface area contributed by atoms with E-state index in [0.29, 0.717) is 12.6 Å². The van der Waals surface area contributed by atoms with Crippen molar-refractivity contribution >= 4 is 17.5 Å². The van der Waals surface area contributed by atoms with Crippen LogP contribution in [0.5, 0.6) is 0 Å². The van der Waals surface area contributed by atoms with Crippen LogP contribution >= 0.6 is 0 Å². The van der Waals surface area contributed by atoms with Crippen molar-refractivity contribution in [2.75, 3.05) is 43.0 Å². The SMILES string of the molecule is CN=C(NCc1ccnc(N2CCN(c3ccc(F)cc3)CC2)c1)NC1CC=CC1. The second kappa shape index (κ2) is 9.61. The summed E-state index contributed by atoms with van der Waals surface area (Å²) in [6.45, 7) is 4.26. The fraction of sp³-hybridized carbons (Fsp3) is 0.391. The Kier molecular flexibility index (Phi) is 6.47. The number of aliphatic imine (C=N–C) groups is 1. The van der Waals surface area contributed by atoms with Gasteiger partial charge in [0, 0.05) is 57.7 Å². The zero-order chi connectivity index (χ0) is 20.8. The number of aromatic nitrogens is 1. The maximum atomic E-state index is 13.2. The van der Waals surface area contributed by atoms with E-state index in [2.05, 4.69) is 48.6 Å². The molecule has 7 heteroatoms. The van der Waals surface area contributed by atoms with Crippen molar-refractivity contribution < 1.29 is 4.39 Å². The van der Waals surface area contributed by atoms with Crippen LogP contribution in [-0.4, -0.2) is 50.2 Å². The molecule has 0 spiro atoms. The van der Waals surface area contributed by atoms with Crippen LogP contribution in [0, 0.1) is 5.82 Å². The van der Waals surface area contributed by atoms with E-state index >= 15 is 0 Å². The largest absolute Gasteiger partial charge is 0.368 e. The molecule has 0 unspecified atom stereocenters. The van der Waals surface area contributed by atoms with Crippen LogP contribution < -0.4 is 20.4 Å². The third-order valence-corrected chi connectivity index (χ3v) is 5.64. The Morgan fingerprint density at radius 2 is 1.77 bits per heavy atom. The molecule has 0 bridgehead atoms. The van der Waals surface area contributed by atoms with Gasteiger partial charge in [-0.1, -0.05) is 12.2 Å². The Morgan fingerprint density at radius 1 is 1.07 bits per heavy atom. The third-order valence-electron chi connectivity index (χ3n) is 5.64. The molecule has 1 aromatic carbocycles. The normalized spacial score (nSPS) is 17.5. The summed E-state index contributed by atoms with van der Waals surface area (Å²) in [7, 11) is 1.80. The Bertz CT molecular complexity index is 879. The lowest BCUT2D eigenvalue weighted by molar-refractivity contribution is 0.624. The van der Waals surface area contributed by atoms with Crippen LogP contribution in [0.2, 0.25) is 0 Å².